The topological polar surface area (TPSA) is 43.8 Å². The average molecular weight is 186 g/mol. The number of carboxylic acid groups (broad SMARTS) is 1. The molecule has 4 nitrogen and oxygen atoms in total. The summed E-state index contributed by atoms with van der Waals surface area (Å²) in [5.74, 6) is -0.693. The Morgan fingerprint density at radius 1 is 1.46 bits per heavy atom. The molecule has 13 heavy (non-hydrogen) atoms. The molecule has 0 aromatic heterocycles. The van der Waals surface area contributed by atoms with E-state index in [0.29, 0.717) is 6.04 Å². The van der Waals surface area contributed by atoms with Crippen molar-refractivity contribution in [3.05, 3.63) is 0 Å². The summed E-state index contributed by atoms with van der Waals surface area (Å²) >= 11 is 0. The monoisotopic (exact) mass is 186 g/mol. The van der Waals surface area contributed by atoms with Gasteiger partial charge in [0.05, 0.1) is 0 Å². The van der Waals surface area contributed by atoms with Crippen molar-refractivity contribution in [2.75, 3.05) is 33.7 Å². The Morgan fingerprint density at radius 3 is 2.77 bits per heavy atom. The SMILES string of the molecule is CN1CCN(C)[C@@H](CCC(=O)O)C1. The Bertz CT molecular complexity index is 184. The molecule has 0 aromatic rings. The third-order valence-electron chi connectivity index (χ3n) is 2.67. The molecular formula is C9H18N2O2. The summed E-state index contributed by atoms with van der Waals surface area (Å²) < 4.78 is 0. The number of carbonyl (C=O) groups is 1. The lowest BCUT2D eigenvalue weighted by Crippen LogP contribution is -2.49. The predicted molar refractivity (Wildman–Crippen MR) is 50.8 cm³/mol. The maximum absolute atomic E-state index is 10.4. The van der Waals surface area contributed by atoms with Crippen LogP contribution in [-0.2, 0) is 4.79 Å². The van der Waals surface area contributed by atoms with Gasteiger partial charge in [-0.1, -0.05) is 0 Å². The lowest BCUT2D eigenvalue weighted by molar-refractivity contribution is -0.137. The van der Waals surface area contributed by atoms with Gasteiger partial charge in [-0.3, -0.25) is 4.79 Å². The van der Waals surface area contributed by atoms with Crippen molar-refractivity contribution in [3.63, 3.8) is 0 Å². The van der Waals surface area contributed by atoms with Gasteiger partial charge in [-0.15, -0.1) is 0 Å². The fraction of sp³-hybridized carbons (Fsp3) is 0.889. The molecule has 0 spiro atoms. The van der Waals surface area contributed by atoms with Crippen LogP contribution in [0.1, 0.15) is 12.8 Å². The van der Waals surface area contributed by atoms with Crippen LogP contribution in [0.2, 0.25) is 0 Å². The van der Waals surface area contributed by atoms with E-state index in [9.17, 15) is 4.79 Å². The first-order valence-electron chi connectivity index (χ1n) is 4.70. The molecule has 0 aromatic carbocycles. The predicted octanol–water partition coefficient (Wildman–Crippen LogP) is 0.0970. The van der Waals surface area contributed by atoms with E-state index in [1.54, 1.807) is 0 Å². The van der Waals surface area contributed by atoms with E-state index >= 15 is 0 Å². The minimum absolute atomic E-state index is 0.281. The van der Waals surface area contributed by atoms with Crippen molar-refractivity contribution in [2.24, 2.45) is 0 Å². The molecule has 0 saturated carbocycles. The highest BCUT2D eigenvalue weighted by atomic mass is 16.4. The number of piperazine rings is 1. The van der Waals surface area contributed by atoms with Crippen molar-refractivity contribution >= 4 is 5.97 Å². The largest absolute Gasteiger partial charge is 0.481 e. The number of hydrogen-bond donors (Lipinski definition) is 1. The van der Waals surface area contributed by atoms with Crippen LogP contribution in [0.15, 0.2) is 0 Å². The molecule has 0 aliphatic carbocycles. The smallest absolute Gasteiger partial charge is 0.303 e. The Morgan fingerprint density at radius 2 is 2.15 bits per heavy atom. The number of rotatable bonds is 3. The summed E-state index contributed by atoms with van der Waals surface area (Å²) in [5.41, 5.74) is 0. The van der Waals surface area contributed by atoms with Gasteiger partial charge in [0.25, 0.3) is 0 Å². The quantitative estimate of drug-likeness (QED) is 0.679. The molecule has 4 heteroatoms. The van der Waals surface area contributed by atoms with E-state index in [1.807, 2.05) is 0 Å². The number of likely N-dealkylation sites (N-methyl/N-ethyl adjacent to an activating group) is 2. The van der Waals surface area contributed by atoms with Gasteiger partial charge in [0.15, 0.2) is 0 Å². The van der Waals surface area contributed by atoms with E-state index in [0.717, 1.165) is 26.1 Å². The van der Waals surface area contributed by atoms with E-state index < -0.39 is 5.97 Å². The summed E-state index contributed by atoms with van der Waals surface area (Å²) in [4.78, 5) is 14.9. The zero-order valence-electron chi connectivity index (χ0n) is 8.36. The lowest BCUT2D eigenvalue weighted by atomic mass is 10.1. The molecule has 1 aliphatic heterocycles. The second kappa shape index (κ2) is 4.58. The summed E-state index contributed by atoms with van der Waals surface area (Å²) in [6.07, 6.45) is 1.04. The maximum atomic E-state index is 10.4. The first-order chi connectivity index (χ1) is 6.09. The Hall–Kier alpha value is -0.610. The fourth-order valence-electron chi connectivity index (χ4n) is 1.70. The van der Waals surface area contributed by atoms with Gasteiger partial charge < -0.3 is 14.9 Å². The molecule has 1 fully saturated rings. The van der Waals surface area contributed by atoms with Crippen LogP contribution >= 0.6 is 0 Å². The van der Waals surface area contributed by atoms with Gasteiger partial charge in [-0.25, -0.2) is 0 Å². The number of carboxylic acids is 1. The third kappa shape index (κ3) is 3.32. The minimum Gasteiger partial charge on any atom is -0.481 e. The standard InChI is InChI=1S/C9H18N2O2/c1-10-5-6-11(2)8(7-10)3-4-9(12)13/h8H,3-7H2,1-2H3,(H,12,13)/t8-/m0/s1. The molecule has 76 valence electrons. The van der Waals surface area contributed by atoms with Crippen molar-refractivity contribution in [3.8, 4) is 0 Å². The zero-order chi connectivity index (χ0) is 9.84. The highest BCUT2D eigenvalue weighted by Crippen LogP contribution is 2.11. The number of hydrogen-bond acceptors (Lipinski definition) is 3. The van der Waals surface area contributed by atoms with Crippen LogP contribution in [0, 0.1) is 0 Å². The Balaban J connectivity index is 2.33. The zero-order valence-corrected chi connectivity index (χ0v) is 8.36. The first kappa shape index (κ1) is 10.5. The van der Waals surface area contributed by atoms with Gasteiger partial charge in [-0.2, -0.15) is 0 Å². The minimum atomic E-state index is -0.693. The molecule has 1 N–H and O–H groups in total. The van der Waals surface area contributed by atoms with Crippen LogP contribution in [-0.4, -0.2) is 60.6 Å². The van der Waals surface area contributed by atoms with Gasteiger partial charge in [0, 0.05) is 32.1 Å². The van der Waals surface area contributed by atoms with Gasteiger partial charge in [-0.05, 0) is 20.5 Å². The van der Waals surface area contributed by atoms with E-state index in [1.165, 1.54) is 0 Å². The molecule has 0 radical (unpaired) electrons. The third-order valence-corrected chi connectivity index (χ3v) is 2.67. The first-order valence-corrected chi connectivity index (χ1v) is 4.70. The molecule has 0 amide bonds. The fourth-order valence-corrected chi connectivity index (χ4v) is 1.70. The Labute approximate surface area is 79.1 Å². The summed E-state index contributed by atoms with van der Waals surface area (Å²) in [5, 5.41) is 8.56. The molecule has 1 aliphatic rings. The van der Waals surface area contributed by atoms with Crippen molar-refractivity contribution < 1.29 is 9.90 Å². The average Bonchev–Trinajstić information content (AvgIpc) is 2.06. The van der Waals surface area contributed by atoms with Crippen LogP contribution < -0.4 is 0 Å². The molecule has 1 heterocycles. The van der Waals surface area contributed by atoms with Crippen molar-refractivity contribution in [2.45, 2.75) is 18.9 Å². The van der Waals surface area contributed by atoms with Crippen LogP contribution in [0.25, 0.3) is 0 Å². The van der Waals surface area contributed by atoms with Crippen LogP contribution in [0.3, 0.4) is 0 Å². The van der Waals surface area contributed by atoms with Crippen molar-refractivity contribution in [1.29, 1.82) is 0 Å². The normalized spacial score (nSPS) is 26.2. The highest BCUT2D eigenvalue weighted by Gasteiger charge is 2.22. The molecule has 0 bridgehead atoms. The Kier molecular flexibility index (Phi) is 3.69. The second-order valence-corrected chi connectivity index (χ2v) is 3.83. The van der Waals surface area contributed by atoms with E-state index in [2.05, 4.69) is 23.9 Å². The van der Waals surface area contributed by atoms with Gasteiger partial charge in [0.2, 0.25) is 0 Å². The summed E-state index contributed by atoms with van der Waals surface area (Å²) in [6.45, 7) is 3.12. The maximum Gasteiger partial charge on any atom is 0.303 e. The number of nitrogens with zero attached hydrogens (tertiary/aromatic N) is 2. The molecule has 1 rings (SSSR count). The molecule has 1 saturated heterocycles. The number of aliphatic carboxylic acids is 1. The summed E-state index contributed by atoms with van der Waals surface area (Å²) in [6, 6.07) is 0.412. The highest BCUT2D eigenvalue weighted by molar-refractivity contribution is 5.66. The van der Waals surface area contributed by atoms with Crippen molar-refractivity contribution in [1.82, 2.24) is 9.80 Å². The van der Waals surface area contributed by atoms with E-state index in [-0.39, 0.29) is 6.42 Å². The van der Waals surface area contributed by atoms with Gasteiger partial charge >= 0.3 is 5.97 Å². The molecule has 1 atom stereocenters. The van der Waals surface area contributed by atoms with Crippen LogP contribution in [0.4, 0.5) is 0 Å². The molecule has 0 unspecified atom stereocenters. The molecular weight excluding hydrogens is 168 g/mol. The van der Waals surface area contributed by atoms with E-state index in [4.69, 9.17) is 5.11 Å². The van der Waals surface area contributed by atoms with Crippen LogP contribution in [0.5, 0.6) is 0 Å². The lowest BCUT2D eigenvalue weighted by Gasteiger charge is -2.37. The van der Waals surface area contributed by atoms with Gasteiger partial charge in [0.1, 0.15) is 0 Å². The summed E-state index contributed by atoms with van der Waals surface area (Å²) in [7, 11) is 4.15. The second-order valence-electron chi connectivity index (χ2n) is 3.83.